The number of amides is 1. The van der Waals surface area contributed by atoms with Crippen molar-refractivity contribution in [2.45, 2.75) is 6.92 Å². The molecule has 1 aromatic carbocycles. The third kappa shape index (κ3) is 3.01. The molecule has 0 saturated heterocycles. The summed E-state index contributed by atoms with van der Waals surface area (Å²) in [6.07, 6.45) is 3.26. The van der Waals surface area contributed by atoms with Crippen LogP contribution in [0.15, 0.2) is 59.7 Å². The molecule has 0 spiro atoms. The van der Waals surface area contributed by atoms with Crippen LogP contribution in [0.1, 0.15) is 15.9 Å². The summed E-state index contributed by atoms with van der Waals surface area (Å²) < 4.78 is 6.66. The van der Waals surface area contributed by atoms with Crippen LogP contribution in [0.5, 0.6) is 5.75 Å². The fraction of sp³-hybridized carbons (Fsp3) is 0.105. The number of pyridine rings is 2. The Morgan fingerprint density at radius 3 is 2.48 bits per heavy atom. The summed E-state index contributed by atoms with van der Waals surface area (Å²) in [5.74, 6) is -0.529. The largest absolute Gasteiger partial charge is 0.496 e. The monoisotopic (exact) mass is 335 g/mol. The zero-order valence-electron chi connectivity index (χ0n) is 13.9. The van der Waals surface area contributed by atoms with Crippen LogP contribution in [0.2, 0.25) is 0 Å². The molecule has 0 aliphatic carbocycles. The Hall–Kier alpha value is -3.41. The van der Waals surface area contributed by atoms with Gasteiger partial charge in [-0.1, -0.05) is 30.3 Å². The Bertz CT molecular complexity index is 995. The number of benzene rings is 1. The van der Waals surface area contributed by atoms with E-state index in [1.54, 1.807) is 24.5 Å². The third-order valence-electron chi connectivity index (χ3n) is 3.81. The van der Waals surface area contributed by atoms with Gasteiger partial charge in [-0.25, -0.2) is 0 Å². The topological polar surface area (TPSA) is 87.2 Å². The molecule has 1 amide bonds. The van der Waals surface area contributed by atoms with E-state index in [-0.39, 0.29) is 16.9 Å². The van der Waals surface area contributed by atoms with E-state index in [1.165, 1.54) is 17.7 Å². The molecule has 25 heavy (non-hydrogen) atoms. The van der Waals surface area contributed by atoms with Crippen molar-refractivity contribution in [1.82, 2.24) is 9.55 Å². The fourth-order valence-corrected chi connectivity index (χ4v) is 2.77. The first-order valence-electron chi connectivity index (χ1n) is 7.64. The molecule has 3 aromatic rings. The van der Waals surface area contributed by atoms with Gasteiger partial charge in [-0.3, -0.25) is 19.1 Å². The van der Waals surface area contributed by atoms with Crippen molar-refractivity contribution in [3.05, 3.63) is 76.3 Å². The lowest BCUT2D eigenvalue weighted by Gasteiger charge is -2.18. The predicted molar refractivity (Wildman–Crippen MR) is 95.1 cm³/mol. The van der Waals surface area contributed by atoms with Crippen molar-refractivity contribution >= 4 is 5.91 Å². The minimum absolute atomic E-state index is 0.146. The van der Waals surface area contributed by atoms with Crippen LogP contribution in [0.25, 0.3) is 16.9 Å². The maximum Gasteiger partial charge on any atom is 0.259 e. The molecule has 0 aliphatic heterocycles. The van der Waals surface area contributed by atoms with Gasteiger partial charge in [0.1, 0.15) is 11.3 Å². The first kappa shape index (κ1) is 16.4. The van der Waals surface area contributed by atoms with Gasteiger partial charge in [0.25, 0.3) is 11.5 Å². The second kappa shape index (κ2) is 6.60. The number of rotatable bonds is 4. The lowest BCUT2D eigenvalue weighted by Crippen LogP contribution is -2.25. The number of primary amides is 1. The van der Waals surface area contributed by atoms with Crippen LogP contribution in [0.3, 0.4) is 0 Å². The number of carbonyl (C=O) groups is 1. The van der Waals surface area contributed by atoms with Gasteiger partial charge in [0.2, 0.25) is 0 Å². The molecular formula is C19H17N3O3. The molecule has 2 heterocycles. The highest BCUT2D eigenvalue weighted by Gasteiger charge is 2.22. The first-order chi connectivity index (χ1) is 12.0. The number of methoxy groups -OCH3 is 1. The zero-order chi connectivity index (χ0) is 18.0. The van der Waals surface area contributed by atoms with E-state index in [0.717, 1.165) is 5.56 Å². The molecule has 0 radical (unpaired) electrons. The molecule has 2 N–H and O–H groups in total. The number of carbonyl (C=O) groups excluding carboxylic acids is 1. The van der Waals surface area contributed by atoms with Crippen molar-refractivity contribution in [3.63, 3.8) is 0 Å². The van der Waals surface area contributed by atoms with Crippen molar-refractivity contribution in [2.24, 2.45) is 5.73 Å². The first-order valence-corrected chi connectivity index (χ1v) is 7.64. The summed E-state index contributed by atoms with van der Waals surface area (Å²) in [6, 6.07) is 12.2. The van der Waals surface area contributed by atoms with Crippen molar-refractivity contribution in [2.75, 3.05) is 7.11 Å². The number of ether oxygens (including phenoxy) is 1. The Morgan fingerprint density at radius 1 is 1.16 bits per heavy atom. The van der Waals surface area contributed by atoms with Crippen LogP contribution >= 0.6 is 0 Å². The Kier molecular flexibility index (Phi) is 4.35. The standard InChI is InChI=1S/C19H17N3O3/c1-12-8-14(11-21-10-12)22-16(23)9-15(25-2)17(19(20)24)18(22)13-6-4-3-5-7-13/h3-11H,1-2H3,(H2,20,24). The van der Waals surface area contributed by atoms with Gasteiger partial charge in [0, 0.05) is 12.3 Å². The van der Waals surface area contributed by atoms with Crippen LogP contribution < -0.4 is 16.0 Å². The molecule has 6 nitrogen and oxygen atoms in total. The van der Waals surface area contributed by atoms with E-state index in [4.69, 9.17) is 10.5 Å². The van der Waals surface area contributed by atoms with Crippen molar-refractivity contribution in [1.29, 1.82) is 0 Å². The SMILES string of the molecule is COc1cc(=O)n(-c2cncc(C)c2)c(-c2ccccc2)c1C(N)=O. The lowest BCUT2D eigenvalue weighted by molar-refractivity contribution is 0.0997. The van der Waals surface area contributed by atoms with Gasteiger partial charge in [-0.2, -0.15) is 0 Å². The van der Waals surface area contributed by atoms with Gasteiger partial charge in [-0.05, 0) is 24.1 Å². The molecule has 0 saturated carbocycles. The van der Waals surface area contributed by atoms with Gasteiger partial charge >= 0.3 is 0 Å². The van der Waals surface area contributed by atoms with Crippen molar-refractivity contribution < 1.29 is 9.53 Å². The number of aromatic nitrogens is 2. The highest BCUT2D eigenvalue weighted by atomic mass is 16.5. The molecule has 0 unspecified atom stereocenters. The summed E-state index contributed by atoms with van der Waals surface area (Å²) >= 11 is 0. The minimum atomic E-state index is -0.676. The lowest BCUT2D eigenvalue weighted by atomic mass is 10.0. The molecule has 2 aromatic heterocycles. The maximum atomic E-state index is 12.8. The third-order valence-corrected chi connectivity index (χ3v) is 3.81. The Balaban J connectivity index is 2.48. The average molecular weight is 335 g/mol. The molecule has 0 fully saturated rings. The van der Waals surface area contributed by atoms with E-state index in [2.05, 4.69) is 4.98 Å². The molecule has 6 heteroatoms. The van der Waals surface area contributed by atoms with E-state index < -0.39 is 5.91 Å². The number of nitrogens with two attached hydrogens (primary N) is 1. The van der Waals surface area contributed by atoms with E-state index in [0.29, 0.717) is 16.9 Å². The predicted octanol–water partition coefficient (Wildman–Crippen LogP) is 2.32. The summed E-state index contributed by atoms with van der Waals surface area (Å²) in [7, 11) is 1.40. The summed E-state index contributed by atoms with van der Waals surface area (Å²) in [6.45, 7) is 1.88. The summed E-state index contributed by atoms with van der Waals surface area (Å²) in [4.78, 5) is 29.1. The van der Waals surface area contributed by atoms with Gasteiger partial charge in [-0.15, -0.1) is 0 Å². The fourth-order valence-electron chi connectivity index (χ4n) is 2.77. The number of hydrogen-bond donors (Lipinski definition) is 1. The Morgan fingerprint density at radius 2 is 1.88 bits per heavy atom. The Labute approximate surface area is 144 Å². The van der Waals surface area contributed by atoms with E-state index >= 15 is 0 Å². The zero-order valence-corrected chi connectivity index (χ0v) is 13.9. The molecule has 0 bridgehead atoms. The average Bonchev–Trinajstić information content (AvgIpc) is 2.61. The summed E-state index contributed by atoms with van der Waals surface area (Å²) in [5, 5.41) is 0. The second-order valence-electron chi connectivity index (χ2n) is 5.56. The van der Waals surface area contributed by atoms with Crippen molar-refractivity contribution in [3.8, 4) is 22.7 Å². The van der Waals surface area contributed by atoms with Gasteiger partial charge < -0.3 is 10.5 Å². The van der Waals surface area contributed by atoms with Crippen LogP contribution in [0, 0.1) is 6.92 Å². The number of hydrogen-bond acceptors (Lipinski definition) is 4. The second-order valence-corrected chi connectivity index (χ2v) is 5.56. The van der Waals surface area contributed by atoms with E-state index in [9.17, 15) is 9.59 Å². The molecule has 3 rings (SSSR count). The molecule has 0 aliphatic rings. The smallest absolute Gasteiger partial charge is 0.259 e. The quantitative estimate of drug-likeness (QED) is 0.792. The van der Waals surface area contributed by atoms with E-state index in [1.807, 2.05) is 31.2 Å². The molecule has 126 valence electrons. The maximum absolute atomic E-state index is 12.8. The molecule has 0 atom stereocenters. The molecular weight excluding hydrogens is 318 g/mol. The normalized spacial score (nSPS) is 10.5. The number of aryl methyl sites for hydroxylation is 1. The van der Waals surface area contributed by atoms with Gasteiger partial charge in [0.15, 0.2) is 0 Å². The van der Waals surface area contributed by atoms with Crippen LogP contribution in [0.4, 0.5) is 0 Å². The number of nitrogens with zero attached hydrogens (tertiary/aromatic N) is 2. The van der Waals surface area contributed by atoms with Crippen LogP contribution in [-0.4, -0.2) is 22.6 Å². The van der Waals surface area contributed by atoms with Gasteiger partial charge in [0.05, 0.1) is 24.7 Å². The minimum Gasteiger partial charge on any atom is -0.496 e. The van der Waals surface area contributed by atoms with Crippen LogP contribution in [-0.2, 0) is 0 Å². The summed E-state index contributed by atoms with van der Waals surface area (Å²) in [5.41, 5.74) is 7.91. The highest BCUT2D eigenvalue weighted by Crippen LogP contribution is 2.30. The highest BCUT2D eigenvalue weighted by molar-refractivity contribution is 6.02.